The van der Waals surface area contributed by atoms with E-state index in [-0.39, 0.29) is 11.8 Å². The van der Waals surface area contributed by atoms with Gasteiger partial charge in [-0.05, 0) is 69.2 Å². The molecule has 0 aliphatic heterocycles. The van der Waals surface area contributed by atoms with Crippen LogP contribution in [0.25, 0.3) is 11.5 Å². The first-order valence-electron chi connectivity index (χ1n) is 11.1. The Bertz CT molecular complexity index is 952. The van der Waals surface area contributed by atoms with Crippen molar-refractivity contribution >= 4 is 5.97 Å². The fraction of sp³-hybridized carbons (Fsp3) is 0.462. The number of rotatable bonds is 9. The molecule has 1 heterocycles. The normalized spacial score (nSPS) is 19.9. The number of hydrogen-bond donors (Lipinski definition) is 1. The van der Waals surface area contributed by atoms with E-state index < -0.39 is 5.97 Å². The van der Waals surface area contributed by atoms with Crippen molar-refractivity contribution in [1.29, 1.82) is 0 Å². The third-order valence-electron chi connectivity index (χ3n) is 6.17. The molecule has 2 atom stereocenters. The van der Waals surface area contributed by atoms with E-state index in [2.05, 4.69) is 36.2 Å². The number of benzene rings is 1. The second-order valence-electron chi connectivity index (χ2n) is 8.18. The lowest BCUT2D eigenvalue weighted by molar-refractivity contribution is -0.143. The molecule has 0 radical (unpaired) electrons. The maximum Gasteiger partial charge on any atom is 0.307 e. The largest absolute Gasteiger partial charge is 0.481 e. The predicted octanol–water partition coefficient (Wildman–Crippen LogP) is 5.91. The van der Waals surface area contributed by atoms with E-state index in [1.54, 1.807) is 0 Å². The van der Waals surface area contributed by atoms with Gasteiger partial charge in [-0.15, -0.1) is 0 Å². The predicted molar refractivity (Wildman–Crippen MR) is 122 cm³/mol. The van der Waals surface area contributed by atoms with Crippen LogP contribution in [0.15, 0.2) is 52.0 Å². The van der Waals surface area contributed by atoms with Crippen LogP contribution in [0, 0.1) is 25.7 Å². The zero-order valence-corrected chi connectivity index (χ0v) is 19.0. The molecule has 1 aliphatic rings. The van der Waals surface area contributed by atoms with Crippen molar-refractivity contribution in [3.63, 3.8) is 0 Å². The molecule has 0 bridgehead atoms. The molecule has 0 amide bonds. The van der Waals surface area contributed by atoms with Crippen molar-refractivity contribution in [3.8, 4) is 11.5 Å². The van der Waals surface area contributed by atoms with Crippen LogP contribution in [0.2, 0.25) is 0 Å². The van der Waals surface area contributed by atoms with Crippen LogP contribution in [0.5, 0.6) is 0 Å². The number of allylic oxidation sites excluding steroid dienone is 3. The van der Waals surface area contributed by atoms with Gasteiger partial charge >= 0.3 is 5.97 Å². The summed E-state index contributed by atoms with van der Waals surface area (Å²) in [6.07, 6.45) is 7.34. The van der Waals surface area contributed by atoms with Gasteiger partial charge in [0.05, 0.1) is 24.8 Å². The number of aromatic nitrogens is 1. The molecule has 2 unspecified atom stereocenters. The van der Waals surface area contributed by atoms with Gasteiger partial charge in [0.1, 0.15) is 5.76 Å². The summed E-state index contributed by atoms with van der Waals surface area (Å²) in [5.74, 6) is 0.574. The van der Waals surface area contributed by atoms with Crippen LogP contribution in [0.3, 0.4) is 0 Å². The number of carbonyl (C=O) groups is 1. The molecule has 1 fully saturated rings. The van der Waals surface area contributed by atoms with Crippen LogP contribution in [-0.4, -0.2) is 29.3 Å². The highest BCUT2D eigenvalue weighted by molar-refractivity contribution is 5.71. The van der Waals surface area contributed by atoms with Crippen molar-refractivity contribution in [3.05, 3.63) is 64.6 Å². The fourth-order valence-electron chi connectivity index (χ4n) is 4.41. The van der Waals surface area contributed by atoms with Gasteiger partial charge in [0, 0.05) is 12.0 Å². The third kappa shape index (κ3) is 5.53. The number of carboxylic acids is 1. The summed E-state index contributed by atoms with van der Waals surface area (Å²) in [7, 11) is 0. The second kappa shape index (κ2) is 10.6. The molecule has 1 aliphatic carbocycles. The number of aryl methyl sites for hydroxylation is 2. The Balaban J connectivity index is 1.53. The highest BCUT2D eigenvalue weighted by atomic mass is 16.5. The fourth-order valence-corrected chi connectivity index (χ4v) is 4.41. The van der Waals surface area contributed by atoms with E-state index >= 15 is 0 Å². The first-order chi connectivity index (χ1) is 14.9. The minimum Gasteiger partial charge on any atom is -0.481 e. The zero-order chi connectivity index (χ0) is 22.4. The summed E-state index contributed by atoms with van der Waals surface area (Å²) in [5, 5.41) is 9.51. The van der Waals surface area contributed by atoms with Crippen LogP contribution >= 0.6 is 0 Å². The Hall–Kier alpha value is -2.66. The lowest BCUT2D eigenvalue weighted by Gasteiger charge is -2.19. The molecular formula is C26H33NO4. The number of carboxylic acid groups (broad SMARTS) is 1. The molecule has 31 heavy (non-hydrogen) atoms. The van der Waals surface area contributed by atoms with Gasteiger partial charge in [0.15, 0.2) is 0 Å². The van der Waals surface area contributed by atoms with Crippen LogP contribution in [0.1, 0.15) is 50.1 Å². The zero-order valence-electron chi connectivity index (χ0n) is 19.0. The molecule has 0 spiro atoms. The highest BCUT2D eigenvalue weighted by Gasteiger charge is 2.34. The van der Waals surface area contributed by atoms with E-state index in [0.29, 0.717) is 31.9 Å². The summed E-state index contributed by atoms with van der Waals surface area (Å²) in [6.45, 7) is 9.02. The number of oxazole rings is 1. The molecule has 0 saturated heterocycles. The Morgan fingerprint density at radius 1 is 1.32 bits per heavy atom. The average molecular weight is 424 g/mol. The van der Waals surface area contributed by atoms with Crippen molar-refractivity contribution in [1.82, 2.24) is 4.98 Å². The van der Waals surface area contributed by atoms with Gasteiger partial charge in [0.25, 0.3) is 0 Å². The summed E-state index contributed by atoms with van der Waals surface area (Å²) < 4.78 is 11.7. The molecule has 5 heteroatoms. The van der Waals surface area contributed by atoms with Crippen LogP contribution < -0.4 is 0 Å². The van der Waals surface area contributed by atoms with Gasteiger partial charge in [-0.2, -0.15) is 0 Å². The van der Waals surface area contributed by atoms with Crippen LogP contribution in [-0.2, 0) is 16.0 Å². The number of hydrogen-bond acceptors (Lipinski definition) is 4. The maximum atomic E-state index is 11.6. The van der Waals surface area contributed by atoms with Crippen molar-refractivity contribution in [2.75, 3.05) is 13.2 Å². The molecule has 166 valence electrons. The molecule has 1 saturated carbocycles. The number of ether oxygens (including phenoxy) is 1. The van der Waals surface area contributed by atoms with Gasteiger partial charge in [0.2, 0.25) is 5.89 Å². The van der Waals surface area contributed by atoms with Crippen molar-refractivity contribution in [2.24, 2.45) is 11.8 Å². The van der Waals surface area contributed by atoms with Crippen LogP contribution in [0.4, 0.5) is 0 Å². The monoisotopic (exact) mass is 423 g/mol. The Morgan fingerprint density at radius 3 is 2.71 bits per heavy atom. The van der Waals surface area contributed by atoms with E-state index in [1.807, 2.05) is 32.9 Å². The Kier molecular flexibility index (Phi) is 7.85. The highest BCUT2D eigenvalue weighted by Crippen LogP contribution is 2.41. The summed E-state index contributed by atoms with van der Waals surface area (Å²) >= 11 is 0. The SMILES string of the molecule is C/C=C1\C(=C/COCCc2nc(-c3ccc(C)cc3)oc2C)CCC1C(CC)C(=O)O. The molecule has 3 rings (SSSR count). The lowest BCUT2D eigenvalue weighted by atomic mass is 9.85. The minimum atomic E-state index is -0.697. The topological polar surface area (TPSA) is 72.6 Å². The minimum absolute atomic E-state index is 0.108. The number of nitrogens with zero attached hydrogens (tertiary/aromatic N) is 1. The molecule has 1 aromatic carbocycles. The van der Waals surface area contributed by atoms with Gasteiger partial charge < -0.3 is 14.3 Å². The second-order valence-corrected chi connectivity index (χ2v) is 8.18. The molecule has 1 aromatic heterocycles. The van der Waals surface area contributed by atoms with Gasteiger partial charge in [-0.25, -0.2) is 4.98 Å². The van der Waals surface area contributed by atoms with E-state index in [9.17, 15) is 9.90 Å². The number of aliphatic carboxylic acids is 1. The lowest BCUT2D eigenvalue weighted by Crippen LogP contribution is -2.22. The van der Waals surface area contributed by atoms with E-state index in [0.717, 1.165) is 29.9 Å². The van der Waals surface area contributed by atoms with E-state index in [1.165, 1.54) is 16.7 Å². The van der Waals surface area contributed by atoms with Gasteiger partial charge in [-0.3, -0.25) is 4.79 Å². The summed E-state index contributed by atoms with van der Waals surface area (Å²) in [4.78, 5) is 16.2. The molecule has 2 aromatic rings. The average Bonchev–Trinajstić information content (AvgIpc) is 3.32. The molecular weight excluding hydrogens is 390 g/mol. The quantitative estimate of drug-likeness (QED) is 0.508. The summed E-state index contributed by atoms with van der Waals surface area (Å²) in [6, 6.07) is 8.15. The smallest absolute Gasteiger partial charge is 0.307 e. The molecule has 5 nitrogen and oxygen atoms in total. The van der Waals surface area contributed by atoms with Crippen molar-refractivity contribution < 1.29 is 19.1 Å². The third-order valence-corrected chi connectivity index (χ3v) is 6.17. The Morgan fingerprint density at radius 2 is 2.06 bits per heavy atom. The first-order valence-corrected chi connectivity index (χ1v) is 11.1. The maximum absolute atomic E-state index is 11.6. The van der Waals surface area contributed by atoms with Crippen molar-refractivity contribution in [2.45, 2.75) is 53.4 Å². The molecule has 1 N–H and O–H groups in total. The van der Waals surface area contributed by atoms with Gasteiger partial charge in [-0.1, -0.05) is 36.8 Å². The first kappa shape index (κ1) is 23.0. The standard InChI is InChI=1S/C26H33NO4/c1-5-21-19(11-12-23(21)22(6-2)26(28)29)13-15-30-16-14-24-18(4)31-25(27-24)20-9-7-17(3)8-10-20/h5,7-10,13,22-23H,6,11-12,14-16H2,1-4H3,(H,28,29)/b19-13-,21-5+. The summed E-state index contributed by atoms with van der Waals surface area (Å²) in [5.41, 5.74) is 5.51. The van der Waals surface area contributed by atoms with E-state index in [4.69, 9.17) is 9.15 Å². The Labute approximate surface area is 184 Å².